The average Bonchev–Trinajstić information content (AvgIpc) is 2.20. The van der Waals surface area contributed by atoms with E-state index in [1.807, 2.05) is 27.7 Å². The molecule has 0 bridgehead atoms. The molecule has 16 heavy (non-hydrogen) atoms. The molecule has 0 aromatic carbocycles. The number of carbonyl (C=O) groups is 2. The Kier molecular flexibility index (Phi) is 6.72. The van der Waals surface area contributed by atoms with Crippen LogP contribution in [0.4, 0.5) is 0 Å². The SMILES string of the molecule is CCNCC(C)C(=O)NC(C(N)=O)C(C)C. The van der Waals surface area contributed by atoms with Crippen LogP contribution < -0.4 is 16.4 Å². The topological polar surface area (TPSA) is 84.2 Å². The second-order valence-corrected chi connectivity index (χ2v) is 4.34. The second kappa shape index (κ2) is 7.22. The Morgan fingerprint density at radius 1 is 1.25 bits per heavy atom. The fourth-order valence-electron chi connectivity index (χ4n) is 1.32. The van der Waals surface area contributed by atoms with Gasteiger partial charge in [0.2, 0.25) is 11.8 Å². The minimum Gasteiger partial charge on any atom is -0.368 e. The van der Waals surface area contributed by atoms with E-state index in [0.717, 1.165) is 6.54 Å². The van der Waals surface area contributed by atoms with Crippen molar-refractivity contribution in [1.29, 1.82) is 0 Å². The molecule has 0 radical (unpaired) electrons. The van der Waals surface area contributed by atoms with Crippen LogP contribution in [0.2, 0.25) is 0 Å². The number of hydrogen-bond acceptors (Lipinski definition) is 3. The van der Waals surface area contributed by atoms with Crippen molar-refractivity contribution in [3.05, 3.63) is 0 Å². The van der Waals surface area contributed by atoms with Crippen molar-refractivity contribution >= 4 is 11.8 Å². The van der Waals surface area contributed by atoms with Crippen LogP contribution in [-0.4, -0.2) is 30.9 Å². The number of primary amides is 1. The highest BCUT2D eigenvalue weighted by molar-refractivity contribution is 5.87. The minimum absolute atomic E-state index is 0.00721. The quantitative estimate of drug-likeness (QED) is 0.568. The van der Waals surface area contributed by atoms with Crippen molar-refractivity contribution < 1.29 is 9.59 Å². The zero-order valence-electron chi connectivity index (χ0n) is 10.5. The maximum atomic E-state index is 11.7. The minimum atomic E-state index is -0.587. The summed E-state index contributed by atoms with van der Waals surface area (Å²) < 4.78 is 0. The third kappa shape index (κ3) is 5.11. The molecule has 0 saturated carbocycles. The summed E-state index contributed by atoms with van der Waals surface area (Å²) in [4.78, 5) is 22.8. The average molecular weight is 229 g/mol. The van der Waals surface area contributed by atoms with Crippen molar-refractivity contribution in [3.8, 4) is 0 Å². The van der Waals surface area contributed by atoms with Gasteiger partial charge >= 0.3 is 0 Å². The lowest BCUT2D eigenvalue weighted by molar-refractivity contribution is -0.130. The van der Waals surface area contributed by atoms with E-state index in [-0.39, 0.29) is 17.7 Å². The van der Waals surface area contributed by atoms with Crippen molar-refractivity contribution in [2.75, 3.05) is 13.1 Å². The number of hydrogen-bond donors (Lipinski definition) is 3. The second-order valence-electron chi connectivity index (χ2n) is 4.34. The highest BCUT2D eigenvalue weighted by Crippen LogP contribution is 2.02. The molecule has 0 aromatic heterocycles. The molecule has 0 aliphatic carbocycles. The summed E-state index contributed by atoms with van der Waals surface area (Å²) >= 11 is 0. The third-order valence-electron chi connectivity index (χ3n) is 2.42. The Balaban J connectivity index is 4.24. The van der Waals surface area contributed by atoms with Gasteiger partial charge in [-0.05, 0) is 12.5 Å². The van der Waals surface area contributed by atoms with Gasteiger partial charge in [-0.25, -0.2) is 0 Å². The summed E-state index contributed by atoms with van der Waals surface area (Å²) in [5, 5.41) is 5.75. The Bertz CT molecular complexity index is 241. The summed E-state index contributed by atoms with van der Waals surface area (Å²) in [7, 11) is 0. The van der Waals surface area contributed by atoms with Crippen molar-refractivity contribution in [2.45, 2.75) is 33.7 Å². The number of amides is 2. The summed E-state index contributed by atoms with van der Waals surface area (Å²) in [6, 6.07) is -0.587. The van der Waals surface area contributed by atoms with Gasteiger partial charge in [-0.15, -0.1) is 0 Å². The van der Waals surface area contributed by atoms with Crippen LogP contribution in [0, 0.1) is 11.8 Å². The predicted octanol–water partition coefficient (Wildman–Crippen LogP) is -0.142. The van der Waals surface area contributed by atoms with E-state index in [1.165, 1.54) is 0 Å². The zero-order valence-corrected chi connectivity index (χ0v) is 10.5. The maximum absolute atomic E-state index is 11.7. The Labute approximate surface area is 97.2 Å². The molecule has 0 heterocycles. The highest BCUT2D eigenvalue weighted by atomic mass is 16.2. The van der Waals surface area contributed by atoms with E-state index < -0.39 is 11.9 Å². The van der Waals surface area contributed by atoms with Crippen molar-refractivity contribution in [2.24, 2.45) is 17.6 Å². The summed E-state index contributed by atoms with van der Waals surface area (Å²) in [5.74, 6) is -0.786. The largest absolute Gasteiger partial charge is 0.368 e. The zero-order chi connectivity index (χ0) is 12.7. The summed E-state index contributed by atoms with van der Waals surface area (Å²) in [5.41, 5.74) is 5.22. The fourth-order valence-corrected chi connectivity index (χ4v) is 1.32. The van der Waals surface area contributed by atoms with Gasteiger partial charge in [0.05, 0.1) is 0 Å². The predicted molar refractivity (Wildman–Crippen MR) is 63.7 cm³/mol. The molecule has 5 heteroatoms. The Hall–Kier alpha value is -1.10. The van der Waals surface area contributed by atoms with Crippen LogP contribution in [0.25, 0.3) is 0 Å². The lowest BCUT2D eigenvalue weighted by atomic mass is 10.0. The molecule has 0 rings (SSSR count). The monoisotopic (exact) mass is 229 g/mol. The number of nitrogens with two attached hydrogens (primary N) is 1. The van der Waals surface area contributed by atoms with Gasteiger partial charge in [0.25, 0.3) is 0 Å². The first-order valence-corrected chi connectivity index (χ1v) is 5.70. The lowest BCUT2D eigenvalue weighted by Gasteiger charge is -2.21. The van der Waals surface area contributed by atoms with Gasteiger partial charge in [0.15, 0.2) is 0 Å². The summed E-state index contributed by atoms with van der Waals surface area (Å²) in [6.07, 6.45) is 0. The third-order valence-corrected chi connectivity index (χ3v) is 2.42. The van der Waals surface area contributed by atoms with Gasteiger partial charge in [0.1, 0.15) is 6.04 Å². The van der Waals surface area contributed by atoms with Gasteiger partial charge in [0, 0.05) is 12.5 Å². The van der Waals surface area contributed by atoms with E-state index in [9.17, 15) is 9.59 Å². The van der Waals surface area contributed by atoms with Gasteiger partial charge in [-0.1, -0.05) is 27.7 Å². The molecule has 5 nitrogen and oxygen atoms in total. The van der Waals surface area contributed by atoms with Crippen LogP contribution in [0.3, 0.4) is 0 Å². The number of carbonyl (C=O) groups excluding carboxylic acids is 2. The molecule has 0 spiro atoms. The van der Waals surface area contributed by atoms with Crippen LogP contribution in [0.5, 0.6) is 0 Å². The number of nitrogens with one attached hydrogen (secondary N) is 2. The van der Waals surface area contributed by atoms with E-state index in [4.69, 9.17) is 5.73 Å². The molecule has 0 saturated heterocycles. The Morgan fingerprint density at radius 3 is 2.19 bits per heavy atom. The first-order valence-electron chi connectivity index (χ1n) is 5.70. The van der Waals surface area contributed by atoms with E-state index in [1.54, 1.807) is 0 Å². The van der Waals surface area contributed by atoms with E-state index in [2.05, 4.69) is 10.6 Å². The van der Waals surface area contributed by atoms with Crippen molar-refractivity contribution in [1.82, 2.24) is 10.6 Å². The van der Waals surface area contributed by atoms with E-state index >= 15 is 0 Å². The first-order chi connectivity index (χ1) is 7.40. The molecular weight excluding hydrogens is 206 g/mol. The maximum Gasteiger partial charge on any atom is 0.240 e. The molecule has 0 fully saturated rings. The molecule has 0 aliphatic rings. The molecule has 2 amide bonds. The normalized spacial score (nSPS) is 14.6. The van der Waals surface area contributed by atoms with Crippen LogP contribution in [0.1, 0.15) is 27.7 Å². The number of rotatable bonds is 7. The molecule has 0 aliphatic heterocycles. The van der Waals surface area contributed by atoms with Crippen LogP contribution in [-0.2, 0) is 9.59 Å². The lowest BCUT2D eigenvalue weighted by Crippen LogP contribution is -2.50. The van der Waals surface area contributed by atoms with Crippen molar-refractivity contribution in [3.63, 3.8) is 0 Å². The van der Waals surface area contributed by atoms with Gasteiger partial charge in [-0.3, -0.25) is 9.59 Å². The molecular formula is C11H23N3O2. The van der Waals surface area contributed by atoms with Gasteiger partial charge < -0.3 is 16.4 Å². The van der Waals surface area contributed by atoms with Crippen LogP contribution in [0.15, 0.2) is 0 Å². The fraction of sp³-hybridized carbons (Fsp3) is 0.818. The first kappa shape index (κ1) is 14.9. The standard InChI is InChI=1S/C11H23N3O2/c1-5-13-6-8(4)11(16)14-9(7(2)3)10(12)15/h7-9,13H,5-6H2,1-4H3,(H2,12,15)(H,14,16). The van der Waals surface area contributed by atoms with Gasteiger partial charge in [-0.2, -0.15) is 0 Å². The Morgan fingerprint density at radius 2 is 1.81 bits per heavy atom. The molecule has 2 atom stereocenters. The molecule has 4 N–H and O–H groups in total. The summed E-state index contributed by atoms with van der Waals surface area (Å²) in [6.45, 7) is 8.92. The molecule has 2 unspecified atom stereocenters. The molecule has 94 valence electrons. The van der Waals surface area contributed by atoms with Crippen LogP contribution >= 0.6 is 0 Å². The van der Waals surface area contributed by atoms with E-state index in [0.29, 0.717) is 6.54 Å². The smallest absolute Gasteiger partial charge is 0.240 e. The molecule has 0 aromatic rings. The highest BCUT2D eigenvalue weighted by Gasteiger charge is 2.23.